The molecule has 0 radical (unpaired) electrons. The molecule has 0 saturated heterocycles. The molecule has 0 aliphatic rings. The van der Waals surface area contributed by atoms with Crippen LogP contribution in [0.4, 0.5) is 10.1 Å². The van der Waals surface area contributed by atoms with Crippen LogP contribution < -0.4 is 10.1 Å². The largest absolute Gasteiger partial charge is 0.497 e. The Morgan fingerprint density at radius 3 is 2.95 bits per heavy atom. The summed E-state index contributed by atoms with van der Waals surface area (Å²) in [7, 11) is 1.51. The number of aliphatic hydroxyl groups excluding tert-OH is 1. The van der Waals surface area contributed by atoms with Crippen molar-refractivity contribution in [2.75, 3.05) is 25.6 Å². The molecule has 0 bridgehead atoms. The highest BCUT2D eigenvalue weighted by molar-refractivity contribution is 5.49. The van der Waals surface area contributed by atoms with Crippen LogP contribution in [0.1, 0.15) is 5.76 Å². The maximum absolute atomic E-state index is 13.6. The molecular weight excluding hydrogens is 277 g/mol. The van der Waals surface area contributed by atoms with Crippen LogP contribution in [0, 0.1) is 5.82 Å². The van der Waals surface area contributed by atoms with Gasteiger partial charge in [-0.3, -0.25) is 0 Å². The van der Waals surface area contributed by atoms with E-state index in [1.54, 1.807) is 18.4 Å². The number of nitrogens with one attached hydrogen (secondary N) is 1. The van der Waals surface area contributed by atoms with Crippen LogP contribution in [0.3, 0.4) is 0 Å². The minimum Gasteiger partial charge on any atom is -0.497 e. The topological polar surface area (TPSA) is 63.9 Å². The van der Waals surface area contributed by atoms with Crippen LogP contribution in [0.2, 0.25) is 0 Å². The Morgan fingerprint density at radius 2 is 2.24 bits per heavy atom. The Labute approximate surface area is 122 Å². The van der Waals surface area contributed by atoms with Gasteiger partial charge in [0.2, 0.25) is 0 Å². The van der Waals surface area contributed by atoms with Crippen molar-refractivity contribution in [1.82, 2.24) is 0 Å². The lowest BCUT2D eigenvalue weighted by Crippen LogP contribution is -2.25. The Bertz CT molecular complexity index is 545. The van der Waals surface area contributed by atoms with Gasteiger partial charge in [0.15, 0.2) is 0 Å². The molecule has 0 aliphatic carbocycles. The molecule has 0 aliphatic heterocycles. The molecule has 5 nitrogen and oxygen atoms in total. The van der Waals surface area contributed by atoms with E-state index >= 15 is 0 Å². The number of hydrogen-bond donors (Lipinski definition) is 2. The van der Waals surface area contributed by atoms with Crippen molar-refractivity contribution >= 4 is 5.69 Å². The third-order valence-corrected chi connectivity index (χ3v) is 2.84. The summed E-state index contributed by atoms with van der Waals surface area (Å²) >= 11 is 0. The Balaban J connectivity index is 1.74. The van der Waals surface area contributed by atoms with E-state index in [-0.39, 0.29) is 25.4 Å². The van der Waals surface area contributed by atoms with Gasteiger partial charge in [-0.1, -0.05) is 0 Å². The highest BCUT2D eigenvalue weighted by Crippen LogP contribution is 2.20. The summed E-state index contributed by atoms with van der Waals surface area (Å²) in [5.41, 5.74) is 0.277. The fourth-order valence-corrected chi connectivity index (χ4v) is 1.74. The minimum atomic E-state index is -0.759. The molecule has 1 aromatic heterocycles. The van der Waals surface area contributed by atoms with Crippen molar-refractivity contribution in [3.8, 4) is 5.75 Å². The zero-order valence-corrected chi connectivity index (χ0v) is 11.7. The quantitative estimate of drug-likeness (QED) is 0.783. The molecule has 0 spiro atoms. The second-order valence-corrected chi connectivity index (χ2v) is 4.47. The maximum Gasteiger partial charge on any atom is 0.146 e. The third kappa shape index (κ3) is 4.77. The van der Waals surface area contributed by atoms with Gasteiger partial charge in [-0.2, -0.15) is 0 Å². The first-order valence-electron chi connectivity index (χ1n) is 6.54. The molecule has 1 atom stereocenters. The van der Waals surface area contributed by atoms with Gasteiger partial charge in [0, 0.05) is 12.6 Å². The average molecular weight is 295 g/mol. The van der Waals surface area contributed by atoms with Gasteiger partial charge in [-0.15, -0.1) is 0 Å². The number of methoxy groups -OCH3 is 1. The molecule has 21 heavy (non-hydrogen) atoms. The monoisotopic (exact) mass is 295 g/mol. The van der Waals surface area contributed by atoms with Crippen LogP contribution in [-0.4, -0.2) is 31.5 Å². The Hall–Kier alpha value is -2.05. The molecular formula is C15H18FNO4. The SMILES string of the molecule is COc1ccc(F)c(NCC(O)COCc2ccco2)c1. The lowest BCUT2D eigenvalue weighted by Gasteiger charge is -2.14. The van der Waals surface area contributed by atoms with Crippen molar-refractivity contribution in [2.45, 2.75) is 12.7 Å². The number of benzene rings is 1. The van der Waals surface area contributed by atoms with Crippen LogP contribution in [-0.2, 0) is 11.3 Å². The summed E-state index contributed by atoms with van der Waals surface area (Å²) < 4.78 is 29.0. The molecule has 1 heterocycles. The summed E-state index contributed by atoms with van der Waals surface area (Å²) in [5, 5.41) is 12.6. The second-order valence-electron chi connectivity index (χ2n) is 4.47. The van der Waals surface area contributed by atoms with Crippen molar-refractivity contribution < 1.29 is 23.4 Å². The molecule has 2 N–H and O–H groups in total. The zero-order valence-electron chi connectivity index (χ0n) is 11.7. The first kappa shape index (κ1) is 15.3. The summed E-state index contributed by atoms with van der Waals surface area (Å²) in [4.78, 5) is 0. The molecule has 114 valence electrons. The average Bonchev–Trinajstić information content (AvgIpc) is 3.00. The number of halogens is 1. The van der Waals surface area contributed by atoms with Gasteiger partial charge < -0.3 is 24.3 Å². The molecule has 0 amide bonds. The van der Waals surface area contributed by atoms with Crippen LogP contribution in [0.25, 0.3) is 0 Å². The fraction of sp³-hybridized carbons (Fsp3) is 0.333. The predicted molar refractivity (Wildman–Crippen MR) is 75.8 cm³/mol. The molecule has 2 aromatic rings. The van der Waals surface area contributed by atoms with E-state index in [1.807, 2.05) is 0 Å². The van der Waals surface area contributed by atoms with Gasteiger partial charge in [0.25, 0.3) is 0 Å². The first-order valence-corrected chi connectivity index (χ1v) is 6.54. The summed E-state index contributed by atoms with van der Waals surface area (Å²) in [6, 6.07) is 7.93. The number of aliphatic hydroxyl groups is 1. The van der Waals surface area contributed by atoms with E-state index in [4.69, 9.17) is 13.9 Å². The minimum absolute atomic E-state index is 0.124. The summed E-state index contributed by atoms with van der Waals surface area (Å²) in [6.45, 7) is 0.582. The van der Waals surface area contributed by atoms with E-state index in [1.165, 1.54) is 25.3 Å². The number of ether oxygens (including phenoxy) is 2. The summed E-state index contributed by atoms with van der Waals surface area (Å²) in [6.07, 6.45) is 0.799. The molecule has 6 heteroatoms. The van der Waals surface area contributed by atoms with E-state index in [2.05, 4.69) is 5.32 Å². The highest BCUT2D eigenvalue weighted by atomic mass is 19.1. The molecule has 0 fully saturated rings. The van der Waals surface area contributed by atoms with Gasteiger partial charge in [0.05, 0.1) is 31.8 Å². The standard InChI is InChI=1S/C15H18FNO4/c1-19-12-4-5-14(16)15(7-12)17-8-11(18)9-20-10-13-3-2-6-21-13/h2-7,11,17-18H,8-10H2,1H3. The summed E-state index contributed by atoms with van der Waals surface area (Å²) in [5.74, 6) is 0.830. The molecule has 1 unspecified atom stereocenters. The van der Waals surface area contributed by atoms with E-state index in [9.17, 15) is 9.50 Å². The van der Waals surface area contributed by atoms with E-state index < -0.39 is 11.9 Å². The molecule has 1 aromatic carbocycles. The highest BCUT2D eigenvalue weighted by Gasteiger charge is 2.08. The lowest BCUT2D eigenvalue weighted by molar-refractivity contribution is 0.0282. The number of anilines is 1. The van der Waals surface area contributed by atoms with Crippen LogP contribution in [0.15, 0.2) is 41.0 Å². The Morgan fingerprint density at radius 1 is 1.38 bits per heavy atom. The van der Waals surface area contributed by atoms with Gasteiger partial charge >= 0.3 is 0 Å². The number of hydrogen-bond acceptors (Lipinski definition) is 5. The van der Waals surface area contributed by atoms with E-state index in [0.717, 1.165) is 0 Å². The van der Waals surface area contributed by atoms with Crippen molar-refractivity contribution in [3.05, 3.63) is 48.2 Å². The predicted octanol–water partition coefficient (Wildman–Crippen LogP) is 2.42. The smallest absolute Gasteiger partial charge is 0.146 e. The van der Waals surface area contributed by atoms with Gasteiger partial charge in [-0.25, -0.2) is 4.39 Å². The normalized spacial score (nSPS) is 12.1. The van der Waals surface area contributed by atoms with E-state index in [0.29, 0.717) is 11.5 Å². The van der Waals surface area contributed by atoms with Crippen molar-refractivity contribution in [2.24, 2.45) is 0 Å². The van der Waals surface area contributed by atoms with Crippen molar-refractivity contribution in [3.63, 3.8) is 0 Å². The van der Waals surface area contributed by atoms with Gasteiger partial charge in [0.1, 0.15) is 23.9 Å². The Kier molecular flexibility index (Phi) is 5.59. The third-order valence-electron chi connectivity index (χ3n) is 2.84. The van der Waals surface area contributed by atoms with Gasteiger partial charge in [-0.05, 0) is 24.3 Å². The van der Waals surface area contributed by atoms with Crippen molar-refractivity contribution in [1.29, 1.82) is 0 Å². The fourth-order valence-electron chi connectivity index (χ4n) is 1.74. The molecule has 0 saturated carbocycles. The number of rotatable bonds is 8. The first-order chi connectivity index (χ1) is 10.2. The van der Waals surface area contributed by atoms with Crippen LogP contribution >= 0.6 is 0 Å². The maximum atomic E-state index is 13.6. The zero-order chi connectivity index (χ0) is 15.1. The lowest BCUT2D eigenvalue weighted by atomic mass is 10.2. The second kappa shape index (κ2) is 7.66. The van der Waals surface area contributed by atoms with Crippen LogP contribution in [0.5, 0.6) is 5.75 Å². The molecule has 2 rings (SSSR count). The number of furan rings is 1.